The molecule has 0 aliphatic carbocycles. The normalized spacial score (nSPS) is 11.7. The summed E-state index contributed by atoms with van der Waals surface area (Å²) in [5.74, 6) is 1.39. The number of nitrogens with one attached hydrogen (secondary N) is 1. The second kappa shape index (κ2) is 8.39. The molecule has 0 heterocycles. The van der Waals surface area contributed by atoms with E-state index < -0.39 is 6.10 Å². The number of anilines is 1. The number of amides is 1. The first-order chi connectivity index (χ1) is 11.5. The van der Waals surface area contributed by atoms with Gasteiger partial charge in [-0.2, -0.15) is 0 Å². The van der Waals surface area contributed by atoms with Crippen LogP contribution in [-0.4, -0.2) is 18.6 Å². The monoisotopic (exact) mass is 327 g/mol. The van der Waals surface area contributed by atoms with Crippen LogP contribution in [0.2, 0.25) is 0 Å². The zero-order chi connectivity index (χ0) is 17.5. The number of hydrogen-bond acceptors (Lipinski definition) is 3. The molecule has 0 aromatic heterocycles. The summed E-state index contributed by atoms with van der Waals surface area (Å²) in [6, 6.07) is 13.3. The Hall–Kier alpha value is -2.49. The summed E-state index contributed by atoms with van der Waals surface area (Å²) < 4.78 is 11.3. The summed E-state index contributed by atoms with van der Waals surface area (Å²) in [6.07, 6.45) is 0.0630. The predicted octanol–water partition coefficient (Wildman–Crippen LogP) is 4.50. The Kier molecular flexibility index (Phi) is 6.24. The van der Waals surface area contributed by atoms with Crippen LogP contribution in [-0.2, 0) is 4.79 Å². The zero-order valence-electron chi connectivity index (χ0n) is 14.8. The maximum Gasteiger partial charge on any atom is 0.265 e. The Balaban J connectivity index is 2.04. The van der Waals surface area contributed by atoms with Gasteiger partial charge in [0.2, 0.25) is 0 Å². The van der Waals surface area contributed by atoms with E-state index in [4.69, 9.17) is 9.47 Å². The number of rotatable bonds is 7. The highest BCUT2D eigenvalue weighted by Crippen LogP contribution is 2.22. The van der Waals surface area contributed by atoms with Crippen molar-refractivity contribution in [1.82, 2.24) is 0 Å². The molecule has 2 aromatic carbocycles. The van der Waals surface area contributed by atoms with Crippen LogP contribution in [0, 0.1) is 13.8 Å². The lowest BCUT2D eigenvalue weighted by Gasteiger charge is -2.19. The molecule has 0 saturated heterocycles. The van der Waals surface area contributed by atoms with E-state index in [0.29, 0.717) is 13.0 Å². The van der Waals surface area contributed by atoms with E-state index in [2.05, 4.69) is 5.32 Å². The van der Waals surface area contributed by atoms with Crippen molar-refractivity contribution < 1.29 is 14.3 Å². The van der Waals surface area contributed by atoms with Crippen LogP contribution in [0.25, 0.3) is 0 Å². The van der Waals surface area contributed by atoms with Crippen LogP contribution in [0.1, 0.15) is 31.4 Å². The lowest BCUT2D eigenvalue weighted by atomic mass is 10.1. The zero-order valence-corrected chi connectivity index (χ0v) is 14.8. The van der Waals surface area contributed by atoms with E-state index in [1.54, 1.807) is 0 Å². The molecule has 4 heteroatoms. The first kappa shape index (κ1) is 17.9. The third-order valence-electron chi connectivity index (χ3n) is 3.71. The highest BCUT2D eigenvalue weighted by molar-refractivity contribution is 5.94. The third kappa shape index (κ3) is 4.75. The van der Waals surface area contributed by atoms with Crippen molar-refractivity contribution in [2.45, 2.75) is 40.2 Å². The Bertz CT molecular complexity index is 680. The van der Waals surface area contributed by atoms with Gasteiger partial charge in [-0.3, -0.25) is 4.79 Å². The third-order valence-corrected chi connectivity index (χ3v) is 3.71. The molecule has 1 unspecified atom stereocenters. The van der Waals surface area contributed by atoms with Gasteiger partial charge < -0.3 is 14.8 Å². The van der Waals surface area contributed by atoms with Crippen molar-refractivity contribution in [3.8, 4) is 11.5 Å². The number of ether oxygens (including phenoxy) is 2. The largest absolute Gasteiger partial charge is 0.494 e. The van der Waals surface area contributed by atoms with Gasteiger partial charge in [0.25, 0.3) is 5.91 Å². The van der Waals surface area contributed by atoms with E-state index >= 15 is 0 Å². The Morgan fingerprint density at radius 2 is 1.79 bits per heavy atom. The first-order valence-corrected chi connectivity index (χ1v) is 8.31. The van der Waals surface area contributed by atoms with Crippen LogP contribution in [0.4, 0.5) is 5.69 Å². The summed E-state index contributed by atoms with van der Waals surface area (Å²) in [5, 5.41) is 2.90. The molecule has 1 atom stereocenters. The van der Waals surface area contributed by atoms with Gasteiger partial charge in [0.15, 0.2) is 6.10 Å². The average molecular weight is 327 g/mol. The van der Waals surface area contributed by atoms with E-state index in [-0.39, 0.29) is 5.91 Å². The minimum absolute atomic E-state index is 0.150. The Morgan fingerprint density at radius 3 is 2.42 bits per heavy atom. The van der Waals surface area contributed by atoms with Gasteiger partial charge in [-0.1, -0.05) is 19.1 Å². The minimum Gasteiger partial charge on any atom is -0.494 e. The lowest BCUT2D eigenvalue weighted by Crippen LogP contribution is -2.32. The van der Waals surface area contributed by atoms with Gasteiger partial charge in [-0.15, -0.1) is 0 Å². The smallest absolute Gasteiger partial charge is 0.265 e. The average Bonchev–Trinajstić information content (AvgIpc) is 2.57. The van der Waals surface area contributed by atoms with Crippen LogP contribution in [0.3, 0.4) is 0 Å². The minimum atomic E-state index is -0.530. The van der Waals surface area contributed by atoms with Gasteiger partial charge >= 0.3 is 0 Å². The van der Waals surface area contributed by atoms with Gasteiger partial charge in [-0.25, -0.2) is 0 Å². The van der Waals surface area contributed by atoms with Crippen molar-refractivity contribution >= 4 is 11.6 Å². The number of carbonyl (C=O) groups is 1. The second-order valence-corrected chi connectivity index (χ2v) is 5.73. The van der Waals surface area contributed by atoms with Crippen LogP contribution in [0.5, 0.6) is 11.5 Å². The standard InChI is InChI=1S/C20H25NO3/c1-5-18(24-19-13-14(3)7-8-15(19)4)20(22)21-16-9-11-17(12-10-16)23-6-2/h7-13,18H,5-6H2,1-4H3,(H,21,22). The van der Waals surface area contributed by atoms with E-state index in [1.165, 1.54) is 0 Å². The highest BCUT2D eigenvalue weighted by atomic mass is 16.5. The second-order valence-electron chi connectivity index (χ2n) is 5.73. The molecule has 24 heavy (non-hydrogen) atoms. The molecule has 0 saturated carbocycles. The Morgan fingerprint density at radius 1 is 1.08 bits per heavy atom. The van der Waals surface area contributed by atoms with Crippen LogP contribution < -0.4 is 14.8 Å². The fourth-order valence-corrected chi connectivity index (χ4v) is 2.33. The van der Waals surface area contributed by atoms with Crippen molar-refractivity contribution in [3.05, 3.63) is 53.6 Å². The van der Waals surface area contributed by atoms with Crippen LogP contribution in [0.15, 0.2) is 42.5 Å². The fraction of sp³-hybridized carbons (Fsp3) is 0.350. The van der Waals surface area contributed by atoms with E-state index in [9.17, 15) is 4.79 Å². The molecular weight excluding hydrogens is 302 g/mol. The maximum atomic E-state index is 12.5. The molecule has 4 nitrogen and oxygen atoms in total. The number of hydrogen-bond donors (Lipinski definition) is 1. The molecule has 0 radical (unpaired) electrons. The number of carbonyl (C=O) groups excluding carboxylic acids is 1. The molecule has 128 valence electrons. The maximum absolute atomic E-state index is 12.5. The molecule has 2 rings (SSSR count). The summed E-state index contributed by atoms with van der Waals surface area (Å²) >= 11 is 0. The van der Waals surface area contributed by atoms with E-state index in [0.717, 1.165) is 28.3 Å². The summed E-state index contributed by atoms with van der Waals surface area (Å²) in [7, 11) is 0. The molecule has 0 aliphatic heterocycles. The Labute approximate surface area is 143 Å². The number of benzene rings is 2. The summed E-state index contributed by atoms with van der Waals surface area (Å²) in [6.45, 7) is 8.48. The SMILES string of the molecule is CCOc1ccc(NC(=O)C(CC)Oc2cc(C)ccc2C)cc1. The van der Waals surface area contributed by atoms with Gasteiger partial charge in [0.1, 0.15) is 11.5 Å². The quantitative estimate of drug-likeness (QED) is 0.814. The van der Waals surface area contributed by atoms with Crippen molar-refractivity contribution in [2.24, 2.45) is 0 Å². The van der Waals surface area contributed by atoms with E-state index in [1.807, 2.05) is 70.2 Å². The molecule has 1 amide bonds. The summed E-state index contributed by atoms with van der Waals surface area (Å²) in [5.41, 5.74) is 2.86. The van der Waals surface area contributed by atoms with Gasteiger partial charge in [0.05, 0.1) is 6.61 Å². The highest BCUT2D eigenvalue weighted by Gasteiger charge is 2.19. The number of aryl methyl sites for hydroxylation is 2. The lowest BCUT2D eigenvalue weighted by molar-refractivity contribution is -0.122. The molecule has 0 aliphatic rings. The molecule has 0 spiro atoms. The first-order valence-electron chi connectivity index (χ1n) is 8.31. The van der Waals surface area contributed by atoms with Gasteiger partial charge in [-0.05, 0) is 68.7 Å². The van der Waals surface area contributed by atoms with Crippen molar-refractivity contribution in [2.75, 3.05) is 11.9 Å². The molecular formula is C20H25NO3. The fourth-order valence-electron chi connectivity index (χ4n) is 2.33. The van der Waals surface area contributed by atoms with Crippen molar-refractivity contribution in [3.63, 3.8) is 0 Å². The van der Waals surface area contributed by atoms with Gasteiger partial charge in [0, 0.05) is 5.69 Å². The molecule has 2 aromatic rings. The molecule has 1 N–H and O–H groups in total. The molecule has 0 bridgehead atoms. The predicted molar refractivity (Wildman–Crippen MR) is 96.9 cm³/mol. The molecule has 0 fully saturated rings. The van der Waals surface area contributed by atoms with Crippen molar-refractivity contribution in [1.29, 1.82) is 0 Å². The van der Waals surface area contributed by atoms with Crippen LogP contribution >= 0.6 is 0 Å². The topological polar surface area (TPSA) is 47.6 Å². The summed E-state index contributed by atoms with van der Waals surface area (Å²) in [4.78, 5) is 12.5.